The Morgan fingerprint density at radius 1 is 1.10 bits per heavy atom. The highest BCUT2D eigenvalue weighted by molar-refractivity contribution is 7.20. The number of para-hydroxylation sites is 1. The highest BCUT2D eigenvalue weighted by Gasteiger charge is 2.21. The van der Waals surface area contributed by atoms with E-state index in [1.54, 1.807) is 13.2 Å². The van der Waals surface area contributed by atoms with E-state index < -0.39 is 0 Å². The van der Waals surface area contributed by atoms with Gasteiger partial charge in [-0.15, -0.1) is 11.3 Å². The molecule has 6 nitrogen and oxygen atoms in total. The van der Waals surface area contributed by atoms with E-state index in [-0.39, 0.29) is 5.91 Å². The predicted molar refractivity (Wildman–Crippen MR) is 118 cm³/mol. The van der Waals surface area contributed by atoms with Crippen LogP contribution in [0.4, 0.5) is 17.2 Å². The number of amides is 1. The molecule has 0 aliphatic heterocycles. The molecule has 0 bridgehead atoms. The van der Waals surface area contributed by atoms with Gasteiger partial charge in [-0.2, -0.15) is 0 Å². The van der Waals surface area contributed by atoms with Gasteiger partial charge in [0.05, 0.1) is 17.4 Å². The predicted octanol–water partition coefficient (Wildman–Crippen LogP) is 5.03. The Morgan fingerprint density at radius 2 is 1.90 bits per heavy atom. The largest absolute Gasteiger partial charge is 0.497 e. The molecule has 0 radical (unpaired) electrons. The topological polar surface area (TPSA) is 67.3 Å². The van der Waals surface area contributed by atoms with Crippen molar-refractivity contribution in [2.24, 2.45) is 0 Å². The van der Waals surface area contributed by atoms with Crippen molar-refractivity contribution in [1.82, 2.24) is 9.97 Å². The fraction of sp³-hybridized carbons (Fsp3) is 0.136. The van der Waals surface area contributed by atoms with Crippen molar-refractivity contribution in [1.29, 1.82) is 0 Å². The van der Waals surface area contributed by atoms with E-state index >= 15 is 0 Å². The number of carbonyl (C=O) groups excluding carboxylic acids is 1. The number of carbonyl (C=O) groups is 1. The molecule has 0 aliphatic carbocycles. The summed E-state index contributed by atoms with van der Waals surface area (Å²) in [4.78, 5) is 25.3. The Bertz CT molecular complexity index is 1170. The van der Waals surface area contributed by atoms with Gasteiger partial charge in [0.1, 0.15) is 22.7 Å². The van der Waals surface area contributed by atoms with Crippen LogP contribution in [-0.4, -0.2) is 30.0 Å². The summed E-state index contributed by atoms with van der Waals surface area (Å²) < 4.78 is 5.23. The molecule has 4 rings (SSSR count). The van der Waals surface area contributed by atoms with Gasteiger partial charge in [0, 0.05) is 24.5 Å². The fourth-order valence-electron chi connectivity index (χ4n) is 3.19. The lowest BCUT2D eigenvalue weighted by atomic mass is 10.1. The first kappa shape index (κ1) is 18.9. The molecule has 29 heavy (non-hydrogen) atoms. The SMILES string of the molecule is COc1cccc(NC(=O)c2sc3ncnc(N(C)c4ccccc4)c3c2C)c1. The first-order valence-corrected chi connectivity index (χ1v) is 9.88. The Morgan fingerprint density at radius 3 is 2.66 bits per heavy atom. The van der Waals surface area contributed by atoms with E-state index in [0.29, 0.717) is 16.3 Å². The summed E-state index contributed by atoms with van der Waals surface area (Å²) in [5.74, 6) is 1.29. The van der Waals surface area contributed by atoms with Crippen LogP contribution in [0.3, 0.4) is 0 Å². The van der Waals surface area contributed by atoms with Gasteiger partial charge in [-0.05, 0) is 36.8 Å². The molecular formula is C22H20N4O2S. The van der Waals surface area contributed by atoms with Gasteiger partial charge in [-0.3, -0.25) is 4.79 Å². The summed E-state index contributed by atoms with van der Waals surface area (Å²) in [5.41, 5.74) is 2.56. The number of nitrogens with zero attached hydrogens (tertiary/aromatic N) is 3. The number of hydrogen-bond acceptors (Lipinski definition) is 6. The number of hydrogen-bond donors (Lipinski definition) is 1. The van der Waals surface area contributed by atoms with E-state index in [4.69, 9.17) is 4.74 Å². The molecule has 0 saturated heterocycles. The van der Waals surface area contributed by atoms with Crippen molar-refractivity contribution >= 4 is 44.7 Å². The third-order valence-electron chi connectivity index (χ3n) is 4.70. The number of nitrogens with one attached hydrogen (secondary N) is 1. The average molecular weight is 404 g/mol. The first-order chi connectivity index (χ1) is 14.1. The number of aryl methyl sites for hydroxylation is 1. The van der Waals surface area contributed by atoms with E-state index in [0.717, 1.165) is 27.3 Å². The van der Waals surface area contributed by atoms with Crippen LogP contribution in [0.15, 0.2) is 60.9 Å². The summed E-state index contributed by atoms with van der Waals surface area (Å²) in [6.45, 7) is 1.94. The molecule has 0 atom stereocenters. The molecule has 1 N–H and O–H groups in total. The third kappa shape index (κ3) is 3.64. The second kappa shape index (κ2) is 7.89. The van der Waals surface area contributed by atoms with Crippen molar-refractivity contribution in [3.05, 3.63) is 71.4 Å². The van der Waals surface area contributed by atoms with Crippen molar-refractivity contribution in [2.45, 2.75) is 6.92 Å². The van der Waals surface area contributed by atoms with Crippen LogP contribution in [-0.2, 0) is 0 Å². The lowest BCUT2D eigenvalue weighted by Crippen LogP contribution is -2.13. The number of fused-ring (bicyclic) bond motifs is 1. The van der Waals surface area contributed by atoms with Gasteiger partial charge < -0.3 is 15.0 Å². The minimum Gasteiger partial charge on any atom is -0.497 e. The zero-order valence-corrected chi connectivity index (χ0v) is 17.2. The summed E-state index contributed by atoms with van der Waals surface area (Å²) in [6.07, 6.45) is 1.54. The van der Waals surface area contributed by atoms with Gasteiger partial charge in [-0.25, -0.2) is 9.97 Å². The van der Waals surface area contributed by atoms with Gasteiger partial charge in [-0.1, -0.05) is 24.3 Å². The zero-order valence-electron chi connectivity index (χ0n) is 16.3. The number of anilines is 3. The molecular weight excluding hydrogens is 384 g/mol. The van der Waals surface area contributed by atoms with E-state index in [2.05, 4.69) is 15.3 Å². The Hall–Kier alpha value is -3.45. The minimum atomic E-state index is -0.174. The summed E-state index contributed by atoms with van der Waals surface area (Å²) >= 11 is 1.37. The number of aromatic nitrogens is 2. The molecule has 2 aromatic heterocycles. The molecule has 4 aromatic rings. The number of ether oxygens (including phenoxy) is 1. The van der Waals surface area contributed by atoms with Crippen LogP contribution in [0.25, 0.3) is 10.2 Å². The number of thiophene rings is 1. The lowest BCUT2D eigenvalue weighted by molar-refractivity contribution is 0.103. The Kier molecular flexibility index (Phi) is 5.14. The molecule has 0 saturated carbocycles. The monoisotopic (exact) mass is 404 g/mol. The number of benzene rings is 2. The quantitative estimate of drug-likeness (QED) is 0.505. The first-order valence-electron chi connectivity index (χ1n) is 9.06. The van der Waals surface area contributed by atoms with Gasteiger partial charge >= 0.3 is 0 Å². The summed E-state index contributed by atoms with van der Waals surface area (Å²) in [7, 11) is 3.56. The Labute approximate surface area is 172 Å². The highest BCUT2D eigenvalue weighted by Crippen LogP contribution is 2.37. The second-order valence-corrected chi connectivity index (χ2v) is 7.51. The fourth-order valence-corrected chi connectivity index (χ4v) is 4.23. The van der Waals surface area contributed by atoms with Crippen molar-refractivity contribution < 1.29 is 9.53 Å². The zero-order chi connectivity index (χ0) is 20.4. The maximum Gasteiger partial charge on any atom is 0.266 e. The smallest absolute Gasteiger partial charge is 0.266 e. The van der Waals surface area contributed by atoms with Crippen molar-refractivity contribution in [2.75, 3.05) is 24.4 Å². The molecule has 0 aliphatic rings. The summed E-state index contributed by atoms with van der Waals surface area (Å²) in [6, 6.07) is 17.3. The lowest BCUT2D eigenvalue weighted by Gasteiger charge is -2.19. The maximum absolute atomic E-state index is 13.0. The van der Waals surface area contributed by atoms with Crippen LogP contribution in [0.1, 0.15) is 15.2 Å². The van der Waals surface area contributed by atoms with Gasteiger partial charge in [0.2, 0.25) is 0 Å². The van der Waals surface area contributed by atoms with Gasteiger partial charge in [0.15, 0.2) is 0 Å². The molecule has 1 amide bonds. The van der Waals surface area contributed by atoms with E-state index in [9.17, 15) is 4.79 Å². The molecule has 7 heteroatoms. The highest BCUT2D eigenvalue weighted by atomic mass is 32.1. The van der Waals surface area contributed by atoms with E-state index in [1.165, 1.54) is 17.7 Å². The Balaban J connectivity index is 1.71. The van der Waals surface area contributed by atoms with E-state index in [1.807, 2.05) is 67.4 Å². The average Bonchev–Trinajstić information content (AvgIpc) is 3.11. The van der Waals surface area contributed by atoms with Crippen LogP contribution in [0.5, 0.6) is 5.75 Å². The molecule has 2 heterocycles. The van der Waals surface area contributed by atoms with Crippen molar-refractivity contribution in [3.8, 4) is 5.75 Å². The second-order valence-electron chi connectivity index (χ2n) is 6.51. The number of rotatable bonds is 5. The standard InChI is InChI=1S/C22H20N4O2S/c1-14-18-20(26(2)16-9-5-4-6-10-16)23-13-24-22(18)29-19(14)21(27)25-15-8-7-11-17(12-15)28-3/h4-13H,1-3H3,(H,25,27). The molecule has 0 spiro atoms. The van der Waals surface area contributed by atoms with Crippen LogP contribution < -0.4 is 15.0 Å². The van der Waals surface area contributed by atoms with Crippen LogP contribution in [0.2, 0.25) is 0 Å². The molecule has 146 valence electrons. The van der Waals surface area contributed by atoms with Gasteiger partial charge in [0.25, 0.3) is 5.91 Å². The maximum atomic E-state index is 13.0. The normalized spacial score (nSPS) is 10.7. The minimum absolute atomic E-state index is 0.174. The summed E-state index contributed by atoms with van der Waals surface area (Å²) in [5, 5.41) is 3.83. The van der Waals surface area contributed by atoms with Crippen LogP contribution in [0, 0.1) is 6.92 Å². The van der Waals surface area contributed by atoms with Crippen molar-refractivity contribution in [3.63, 3.8) is 0 Å². The molecule has 0 fully saturated rings. The molecule has 2 aromatic carbocycles. The number of methoxy groups -OCH3 is 1. The molecule has 0 unspecified atom stereocenters. The third-order valence-corrected chi connectivity index (χ3v) is 5.90. The van der Waals surface area contributed by atoms with Crippen LogP contribution >= 0.6 is 11.3 Å².